The summed E-state index contributed by atoms with van der Waals surface area (Å²) in [7, 11) is 0. The van der Waals surface area contributed by atoms with Crippen LogP contribution in [0.25, 0.3) is 11.1 Å². The molecule has 3 rings (SSSR count). The van der Waals surface area contributed by atoms with E-state index in [-0.39, 0.29) is 5.91 Å². The van der Waals surface area contributed by atoms with E-state index in [1.54, 1.807) is 6.07 Å². The Morgan fingerprint density at radius 1 is 0.944 bits per heavy atom. The SMILES string of the molecule is O=C1Cc2c(-c3ccccc3Cl)ccc(Cl)c2N1. The zero-order valence-corrected chi connectivity index (χ0v) is 10.8. The summed E-state index contributed by atoms with van der Waals surface area (Å²) < 4.78 is 0. The first-order chi connectivity index (χ1) is 8.66. The van der Waals surface area contributed by atoms with E-state index in [0.717, 1.165) is 16.7 Å². The second kappa shape index (κ2) is 4.30. The molecule has 18 heavy (non-hydrogen) atoms. The second-order valence-electron chi connectivity index (χ2n) is 4.15. The third-order valence-electron chi connectivity index (χ3n) is 3.03. The van der Waals surface area contributed by atoms with Crippen LogP contribution in [0.5, 0.6) is 0 Å². The van der Waals surface area contributed by atoms with Crippen LogP contribution in [0.4, 0.5) is 5.69 Å². The van der Waals surface area contributed by atoms with Crippen molar-refractivity contribution in [1.82, 2.24) is 0 Å². The quantitative estimate of drug-likeness (QED) is 0.834. The van der Waals surface area contributed by atoms with Gasteiger partial charge in [-0.05, 0) is 23.3 Å². The number of halogens is 2. The predicted molar refractivity (Wildman–Crippen MR) is 74.2 cm³/mol. The fourth-order valence-electron chi connectivity index (χ4n) is 2.21. The van der Waals surface area contributed by atoms with Crippen LogP contribution in [0.1, 0.15) is 5.56 Å². The lowest BCUT2D eigenvalue weighted by Gasteiger charge is -2.10. The molecular formula is C14H9Cl2NO. The molecular weight excluding hydrogens is 269 g/mol. The highest BCUT2D eigenvalue weighted by molar-refractivity contribution is 6.35. The van der Waals surface area contributed by atoms with E-state index in [1.807, 2.05) is 30.3 Å². The lowest BCUT2D eigenvalue weighted by atomic mass is 9.98. The minimum Gasteiger partial charge on any atom is -0.324 e. The molecule has 0 unspecified atom stereocenters. The highest BCUT2D eigenvalue weighted by Crippen LogP contribution is 2.40. The van der Waals surface area contributed by atoms with Gasteiger partial charge in [0.05, 0.1) is 17.1 Å². The maximum atomic E-state index is 11.5. The summed E-state index contributed by atoms with van der Waals surface area (Å²) in [5, 5.41) is 4.01. The summed E-state index contributed by atoms with van der Waals surface area (Å²) in [6.45, 7) is 0. The minimum absolute atomic E-state index is 0.0357. The molecule has 2 nitrogen and oxygen atoms in total. The van der Waals surface area contributed by atoms with Gasteiger partial charge in [-0.25, -0.2) is 0 Å². The smallest absolute Gasteiger partial charge is 0.228 e. The monoisotopic (exact) mass is 277 g/mol. The molecule has 0 fully saturated rings. The number of benzene rings is 2. The molecule has 90 valence electrons. The van der Waals surface area contributed by atoms with E-state index >= 15 is 0 Å². The second-order valence-corrected chi connectivity index (χ2v) is 4.97. The molecule has 0 radical (unpaired) electrons. The van der Waals surface area contributed by atoms with Crippen molar-refractivity contribution in [2.75, 3.05) is 5.32 Å². The Labute approximate surface area is 115 Å². The summed E-state index contributed by atoms with van der Waals surface area (Å²) in [4.78, 5) is 11.5. The first kappa shape index (κ1) is 11.6. The molecule has 0 bridgehead atoms. The van der Waals surface area contributed by atoms with Crippen molar-refractivity contribution < 1.29 is 4.79 Å². The van der Waals surface area contributed by atoms with Crippen molar-refractivity contribution in [1.29, 1.82) is 0 Å². The van der Waals surface area contributed by atoms with Gasteiger partial charge in [0.15, 0.2) is 0 Å². The lowest BCUT2D eigenvalue weighted by molar-refractivity contribution is -0.115. The fourth-order valence-corrected chi connectivity index (χ4v) is 2.68. The number of carbonyl (C=O) groups excluding carboxylic acids is 1. The van der Waals surface area contributed by atoms with E-state index in [1.165, 1.54) is 0 Å². The van der Waals surface area contributed by atoms with E-state index < -0.39 is 0 Å². The van der Waals surface area contributed by atoms with Crippen LogP contribution < -0.4 is 5.32 Å². The molecule has 1 aliphatic rings. The summed E-state index contributed by atoms with van der Waals surface area (Å²) in [5.74, 6) is -0.0357. The van der Waals surface area contributed by atoms with Crippen molar-refractivity contribution in [2.45, 2.75) is 6.42 Å². The highest BCUT2D eigenvalue weighted by Gasteiger charge is 2.24. The number of fused-ring (bicyclic) bond motifs is 1. The van der Waals surface area contributed by atoms with Gasteiger partial charge in [-0.3, -0.25) is 4.79 Å². The number of carbonyl (C=O) groups is 1. The van der Waals surface area contributed by atoms with Gasteiger partial charge in [0, 0.05) is 10.6 Å². The van der Waals surface area contributed by atoms with Crippen LogP contribution in [-0.2, 0) is 11.2 Å². The average molecular weight is 278 g/mol. The largest absolute Gasteiger partial charge is 0.324 e. The third kappa shape index (κ3) is 1.78. The Balaban J connectivity index is 2.24. The van der Waals surface area contributed by atoms with Crippen LogP contribution in [0.2, 0.25) is 10.0 Å². The molecule has 2 aromatic rings. The maximum Gasteiger partial charge on any atom is 0.228 e. The van der Waals surface area contributed by atoms with Gasteiger partial charge in [-0.2, -0.15) is 0 Å². The molecule has 0 aliphatic carbocycles. The molecule has 2 aromatic carbocycles. The number of amides is 1. The molecule has 1 aliphatic heterocycles. The van der Waals surface area contributed by atoms with Gasteiger partial charge in [-0.1, -0.05) is 47.5 Å². The number of hydrogen-bond donors (Lipinski definition) is 1. The Kier molecular flexibility index (Phi) is 2.77. The van der Waals surface area contributed by atoms with Crippen LogP contribution in [-0.4, -0.2) is 5.91 Å². The van der Waals surface area contributed by atoms with E-state index in [0.29, 0.717) is 22.2 Å². The van der Waals surface area contributed by atoms with Gasteiger partial charge in [-0.15, -0.1) is 0 Å². The first-order valence-corrected chi connectivity index (χ1v) is 6.28. The maximum absolute atomic E-state index is 11.5. The van der Waals surface area contributed by atoms with Crippen molar-refractivity contribution in [3.8, 4) is 11.1 Å². The molecule has 0 spiro atoms. The van der Waals surface area contributed by atoms with Gasteiger partial charge in [0.2, 0.25) is 5.91 Å². The van der Waals surface area contributed by atoms with E-state index in [2.05, 4.69) is 5.32 Å². The zero-order chi connectivity index (χ0) is 12.7. The molecule has 0 atom stereocenters. The first-order valence-electron chi connectivity index (χ1n) is 5.53. The van der Waals surface area contributed by atoms with Gasteiger partial charge < -0.3 is 5.32 Å². The fraction of sp³-hybridized carbons (Fsp3) is 0.0714. The molecule has 1 heterocycles. The third-order valence-corrected chi connectivity index (χ3v) is 3.67. The molecule has 1 N–H and O–H groups in total. The van der Waals surface area contributed by atoms with Crippen molar-refractivity contribution >= 4 is 34.8 Å². The van der Waals surface area contributed by atoms with Crippen LogP contribution >= 0.6 is 23.2 Å². The molecule has 1 amide bonds. The number of anilines is 1. The lowest BCUT2D eigenvalue weighted by Crippen LogP contribution is -2.03. The van der Waals surface area contributed by atoms with Gasteiger partial charge in [0.1, 0.15) is 0 Å². The molecule has 0 saturated carbocycles. The molecule has 0 aromatic heterocycles. The van der Waals surface area contributed by atoms with Gasteiger partial charge >= 0.3 is 0 Å². The van der Waals surface area contributed by atoms with Crippen molar-refractivity contribution in [3.05, 3.63) is 52.0 Å². The molecule has 4 heteroatoms. The van der Waals surface area contributed by atoms with Crippen molar-refractivity contribution in [3.63, 3.8) is 0 Å². The zero-order valence-electron chi connectivity index (χ0n) is 9.34. The van der Waals surface area contributed by atoms with Crippen LogP contribution in [0, 0.1) is 0 Å². The number of nitrogens with one attached hydrogen (secondary N) is 1. The van der Waals surface area contributed by atoms with E-state index in [9.17, 15) is 4.79 Å². The van der Waals surface area contributed by atoms with Crippen LogP contribution in [0.3, 0.4) is 0 Å². The number of hydrogen-bond acceptors (Lipinski definition) is 1. The normalized spacial score (nSPS) is 13.3. The summed E-state index contributed by atoms with van der Waals surface area (Å²) in [5.41, 5.74) is 3.50. The number of rotatable bonds is 1. The predicted octanol–water partition coefficient (Wildman–Crippen LogP) is 4.16. The minimum atomic E-state index is -0.0357. The topological polar surface area (TPSA) is 29.1 Å². The van der Waals surface area contributed by atoms with Crippen LogP contribution in [0.15, 0.2) is 36.4 Å². The Morgan fingerprint density at radius 2 is 1.72 bits per heavy atom. The Hall–Kier alpha value is -1.51. The standard InChI is InChI=1S/C14H9Cl2NO/c15-11-4-2-1-3-9(11)8-5-6-12(16)14-10(8)7-13(18)17-14/h1-6H,7H2,(H,17,18). The average Bonchev–Trinajstić information content (AvgIpc) is 2.74. The highest BCUT2D eigenvalue weighted by atomic mass is 35.5. The van der Waals surface area contributed by atoms with Gasteiger partial charge in [0.25, 0.3) is 0 Å². The van der Waals surface area contributed by atoms with E-state index in [4.69, 9.17) is 23.2 Å². The Morgan fingerprint density at radius 3 is 2.50 bits per heavy atom. The summed E-state index contributed by atoms with van der Waals surface area (Å²) >= 11 is 12.3. The Bertz CT molecular complexity index is 652. The van der Waals surface area contributed by atoms with Crippen molar-refractivity contribution in [2.24, 2.45) is 0 Å². The summed E-state index contributed by atoms with van der Waals surface area (Å²) in [6, 6.07) is 11.3. The molecule has 0 saturated heterocycles. The summed E-state index contributed by atoms with van der Waals surface area (Å²) in [6.07, 6.45) is 0.344.